The van der Waals surface area contributed by atoms with Crippen molar-refractivity contribution < 1.29 is 9.66 Å². The summed E-state index contributed by atoms with van der Waals surface area (Å²) in [6.45, 7) is -0.0827. The zero-order chi connectivity index (χ0) is 11.5. The van der Waals surface area contributed by atoms with E-state index in [-0.39, 0.29) is 11.5 Å². The summed E-state index contributed by atoms with van der Waals surface area (Å²) in [6.07, 6.45) is 2.20. The van der Waals surface area contributed by atoms with Gasteiger partial charge in [-0.3, -0.25) is 10.1 Å². The monoisotopic (exact) mass is 220 g/mol. The predicted molar refractivity (Wildman–Crippen MR) is 60.4 cm³/mol. The zero-order valence-corrected chi connectivity index (χ0v) is 8.90. The molecule has 5 nitrogen and oxygen atoms in total. The van der Waals surface area contributed by atoms with E-state index in [1.807, 2.05) is 24.4 Å². The molecule has 1 N–H and O–H groups in total. The highest BCUT2D eigenvalue weighted by Crippen LogP contribution is 2.27. The first-order valence-electron chi connectivity index (χ1n) is 4.97. The van der Waals surface area contributed by atoms with Crippen LogP contribution in [0.1, 0.15) is 5.56 Å². The topological polar surface area (TPSA) is 68.2 Å². The number of H-pyrrole nitrogens is 1. The van der Waals surface area contributed by atoms with Gasteiger partial charge in [0.2, 0.25) is 6.54 Å². The van der Waals surface area contributed by atoms with E-state index in [0.717, 1.165) is 16.5 Å². The number of aromatic amines is 1. The molecule has 0 saturated heterocycles. The lowest BCUT2D eigenvalue weighted by Gasteiger charge is -2.07. The second kappa shape index (κ2) is 4.22. The van der Waals surface area contributed by atoms with E-state index in [0.29, 0.717) is 12.2 Å². The highest BCUT2D eigenvalue weighted by atomic mass is 16.6. The molecule has 0 spiro atoms. The number of methoxy groups -OCH3 is 1. The van der Waals surface area contributed by atoms with Crippen LogP contribution < -0.4 is 4.74 Å². The molecule has 0 aliphatic rings. The van der Waals surface area contributed by atoms with E-state index in [1.54, 1.807) is 7.11 Å². The molecular weight excluding hydrogens is 208 g/mol. The van der Waals surface area contributed by atoms with Crippen molar-refractivity contribution in [1.82, 2.24) is 4.98 Å². The normalized spacial score (nSPS) is 10.6. The number of aromatic nitrogens is 1. The maximum absolute atomic E-state index is 10.4. The van der Waals surface area contributed by atoms with Crippen molar-refractivity contribution >= 4 is 10.9 Å². The van der Waals surface area contributed by atoms with Crippen molar-refractivity contribution in [3.63, 3.8) is 0 Å². The lowest BCUT2D eigenvalue weighted by Crippen LogP contribution is -2.05. The van der Waals surface area contributed by atoms with Crippen LogP contribution in [-0.2, 0) is 6.42 Å². The maximum Gasteiger partial charge on any atom is 0.208 e. The molecule has 5 heteroatoms. The Balaban J connectivity index is 2.44. The molecule has 16 heavy (non-hydrogen) atoms. The van der Waals surface area contributed by atoms with Crippen molar-refractivity contribution in [3.8, 4) is 5.75 Å². The number of rotatable bonds is 4. The lowest BCUT2D eigenvalue weighted by molar-refractivity contribution is -0.479. The molecule has 0 saturated carbocycles. The second-order valence-corrected chi connectivity index (χ2v) is 3.49. The Kier molecular flexibility index (Phi) is 2.76. The molecular formula is C11H12N2O3. The fourth-order valence-electron chi connectivity index (χ4n) is 1.83. The summed E-state index contributed by atoms with van der Waals surface area (Å²) < 4.78 is 5.22. The van der Waals surface area contributed by atoms with E-state index in [2.05, 4.69) is 4.98 Å². The van der Waals surface area contributed by atoms with E-state index < -0.39 is 0 Å². The molecule has 0 aliphatic carbocycles. The first-order valence-corrected chi connectivity index (χ1v) is 4.97. The average molecular weight is 220 g/mol. The summed E-state index contributed by atoms with van der Waals surface area (Å²) in [4.78, 5) is 13.2. The van der Waals surface area contributed by atoms with Crippen LogP contribution >= 0.6 is 0 Å². The summed E-state index contributed by atoms with van der Waals surface area (Å²) in [5.74, 6) is 0.703. The van der Waals surface area contributed by atoms with Gasteiger partial charge in [0.1, 0.15) is 5.75 Å². The minimum atomic E-state index is -0.315. The van der Waals surface area contributed by atoms with E-state index in [4.69, 9.17) is 4.74 Å². The lowest BCUT2D eigenvalue weighted by atomic mass is 10.1. The number of benzene rings is 1. The molecule has 2 aromatic rings. The third-order valence-electron chi connectivity index (χ3n) is 2.57. The van der Waals surface area contributed by atoms with Gasteiger partial charge in [-0.25, -0.2) is 0 Å². The molecule has 0 fully saturated rings. The molecule has 1 aromatic heterocycles. The maximum atomic E-state index is 10.4. The molecule has 2 rings (SSSR count). The minimum Gasteiger partial charge on any atom is -0.496 e. The molecule has 84 valence electrons. The van der Waals surface area contributed by atoms with Gasteiger partial charge in [0.05, 0.1) is 7.11 Å². The van der Waals surface area contributed by atoms with Gasteiger partial charge < -0.3 is 9.72 Å². The quantitative estimate of drug-likeness (QED) is 0.632. The van der Waals surface area contributed by atoms with Gasteiger partial charge in [-0.15, -0.1) is 0 Å². The van der Waals surface area contributed by atoms with Gasteiger partial charge in [-0.05, 0) is 18.2 Å². The first-order chi connectivity index (χ1) is 7.72. The van der Waals surface area contributed by atoms with Crippen LogP contribution in [0.3, 0.4) is 0 Å². The standard InChI is InChI=1S/C11H12N2O3/c1-16-11-3-2-10-8(4-6-12-10)9(11)5-7-13(14)15/h2-4,6,12H,5,7H2,1H3. The third-order valence-corrected chi connectivity index (χ3v) is 2.57. The fraction of sp³-hybridized carbons (Fsp3) is 0.273. The Bertz CT molecular complexity index is 519. The molecule has 0 radical (unpaired) electrons. The highest BCUT2D eigenvalue weighted by molar-refractivity contribution is 5.85. The average Bonchev–Trinajstić information content (AvgIpc) is 2.73. The van der Waals surface area contributed by atoms with Crippen LogP contribution in [0.15, 0.2) is 24.4 Å². The number of nitrogens with one attached hydrogen (secondary N) is 1. The third kappa shape index (κ3) is 1.84. The smallest absolute Gasteiger partial charge is 0.208 e. The Morgan fingerprint density at radius 1 is 1.44 bits per heavy atom. The van der Waals surface area contributed by atoms with E-state index >= 15 is 0 Å². The van der Waals surface area contributed by atoms with Gasteiger partial charge >= 0.3 is 0 Å². The number of ether oxygens (including phenoxy) is 1. The first kappa shape index (κ1) is 10.5. The van der Waals surface area contributed by atoms with Gasteiger partial charge in [-0.2, -0.15) is 0 Å². The van der Waals surface area contributed by atoms with Crippen LogP contribution in [0.25, 0.3) is 10.9 Å². The summed E-state index contributed by atoms with van der Waals surface area (Å²) in [7, 11) is 1.57. The van der Waals surface area contributed by atoms with Crippen LogP contribution in [-0.4, -0.2) is 23.6 Å². The number of nitrogens with zero attached hydrogens (tertiary/aromatic N) is 1. The van der Waals surface area contributed by atoms with Crippen molar-refractivity contribution in [3.05, 3.63) is 40.1 Å². The molecule has 1 heterocycles. The van der Waals surface area contributed by atoms with Crippen molar-refractivity contribution in [2.75, 3.05) is 13.7 Å². The summed E-state index contributed by atoms with van der Waals surface area (Å²) >= 11 is 0. The summed E-state index contributed by atoms with van der Waals surface area (Å²) in [6, 6.07) is 5.64. The highest BCUT2D eigenvalue weighted by Gasteiger charge is 2.11. The zero-order valence-electron chi connectivity index (χ0n) is 8.90. The SMILES string of the molecule is COc1ccc2[nH]ccc2c1CC[N+](=O)[O-]. The Morgan fingerprint density at radius 3 is 2.94 bits per heavy atom. The van der Waals surface area contributed by atoms with Crippen molar-refractivity contribution in [2.24, 2.45) is 0 Å². The Labute approximate surface area is 92.2 Å². The fourth-order valence-corrected chi connectivity index (χ4v) is 1.83. The molecule has 0 atom stereocenters. The van der Waals surface area contributed by atoms with Gasteiger partial charge in [0.25, 0.3) is 0 Å². The van der Waals surface area contributed by atoms with Crippen LogP contribution in [0.5, 0.6) is 5.75 Å². The molecule has 0 amide bonds. The van der Waals surface area contributed by atoms with Crippen molar-refractivity contribution in [1.29, 1.82) is 0 Å². The van der Waals surface area contributed by atoms with Crippen LogP contribution in [0.4, 0.5) is 0 Å². The van der Waals surface area contributed by atoms with Gasteiger partial charge in [-0.1, -0.05) is 0 Å². The second-order valence-electron chi connectivity index (χ2n) is 3.49. The molecule has 0 unspecified atom stereocenters. The van der Waals surface area contributed by atoms with Crippen molar-refractivity contribution in [2.45, 2.75) is 6.42 Å². The predicted octanol–water partition coefficient (Wildman–Crippen LogP) is 2.00. The molecule has 1 aromatic carbocycles. The molecule has 0 aliphatic heterocycles. The minimum absolute atomic E-state index is 0.0827. The number of hydrogen-bond donors (Lipinski definition) is 1. The number of nitro groups is 1. The largest absolute Gasteiger partial charge is 0.496 e. The summed E-state index contributed by atoms with van der Waals surface area (Å²) in [5.41, 5.74) is 1.86. The Hall–Kier alpha value is -2.04. The Morgan fingerprint density at radius 2 is 2.25 bits per heavy atom. The number of fused-ring (bicyclic) bond motifs is 1. The molecule has 0 bridgehead atoms. The van der Waals surface area contributed by atoms with Crippen LogP contribution in [0, 0.1) is 10.1 Å². The van der Waals surface area contributed by atoms with Gasteiger partial charge in [0.15, 0.2) is 0 Å². The van der Waals surface area contributed by atoms with E-state index in [9.17, 15) is 10.1 Å². The number of hydrogen-bond acceptors (Lipinski definition) is 3. The summed E-state index contributed by atoms with van der Waals surface area (Å²) in [5, 5.41) is 11.4. The van der Waals surface area contributed by atoms with Crippen LogP contribution in [0.2, 0.25) is 0 Å². The van der Waals surface area contributed by atoms with E-state index in [1.165, 1.54) is 0 Å². The van der Waals surface area contributed by atoms with Gasteiger partial charge in [0, 0.05) is 34.0 Å².